The molecule has 2 nitrogen and oxygen atoms in total. The molecular weight excluding hydrogens is 247 g/mol. The highest BCUT2D eigenvalue weighted by Gasteiger charge is 2.08. The number of hydrogen-bond acceptors (Lipinski definition) is 3. The van der Waals surface area contributed by atoms with E-state index in [0.29, 0.717) is 17.2 Å². The molecular formula is C14H17FN2S. The minimum Gasteiger partial charge on any atom is -0.330 e. The van der Waals surface area contributed by atoms with Crippen LogP contribution in [0.2, 0.25) is 0 Å². The monoisotopic (exact) mass is 264 g/mol. The van der Waals surface area contributed by atoms with Gasteiger partial charge in [0.1, 0.15) is 5.82 Å². The molecule has 1 heterocycles. The Labute approximate surface area is 111 Å². The number of fused-ring (bicyclic) bond motifs is 1. The molecule has 2 N–H and O–H groups in total. The summed E-state index contributed by atoms with van der Waals surface area (Å²) in [4.78, 5) is 4.29. The second-order valence-corrected chi connectivity index (χ2v) is 5.73. The van der Waals surface area contributed by atoms with Gasteiger partial charge in [-0.2, -0.15) is 11.8 Å². The van der Waals surface area contributed by atoms with E-state index >= 15 is 0 Å². The zero-order valence-electron chi connectivity index (χ0n) is 10.4. The van der Waals surface area contributed by atoms with Crippen molar-refractivity contribution in [2.45, 2.75) is 24.3 Å². The number of nitrogens with zero attached hydrogens (tertiary/aromatic N) is 1. The Hall–Kier alpha value is -1.13. The SMILES string of the molecule is CC(CCN)SCc1ccc(F)c2cccnc12. The first-order chi connectivity index (χ1) is 8.72. The molecule has 0 bridgehead atoms. The molecule has 0 saturated carbocycles. The smallest absolute Gasteiger partial charge is 0.132 e. The molecule has 1 atom stereocenters. The van der Waals surface area contributed by atoms with Crippen molar-refractivity contribution >= 4 is 22.7 Å². The van der Waals surface area contributed by atoms with Gasteiger partial charge in [0.2, 0.25) is 0 Å². The van der Waals surface area contributed by atoms with Crippen LogP contribution in [0, 0.1) is 5.82 Å². The van der Waals surface area contributed by atoms with Crippen LogP contribution < -0.4 is 5.73 Å². The fraction of sp³-hybridized carbons (Fsp3) is 0.357. The van der Waals surface area contributed by atoms with E-state index in [1.54, 1.807) is 18.3 Å². The Morgan fingerprint density at radius 2 is 2.22 bits per heavy atom. The van der Waals surface area contributed by atoms with Gasteiger partial charge in [-0.15, -0.1) is 0 Å². The number of aromatic nitrogens is 1. The Balaban J connectivity index is 2.21. The molecule has 1 aromatic carbocycles. The van der Waals surface area contributed by atoms with E-state index in [0.717, 1.165) is 23.3 Å². The molecule has 2 aromatic rings. The largest absolute Gasteiger partial charge is 0.330 e. The van der Waals surface area contributed by atoms with Crippen LogP contribution in [0.1, 0.15) is 18.9 Å². The Morgan fingerprint density at radius 3 is 3.00 bits per heavy atom. The van der Waals surface area contributed by atoms with E-state index in [2.05, 4.69) is 11.9 Å². The van der Waals surface area contributed by atoms with Crippen LogP contribution in [0.4, 0.5) is 4.39 Å². The van der Waals surface area contributed by atoms with Crippen LogP contribution in [-0.4, -0.2) is 16.8 Å². The lowest BCUT2D eigenvalue weighted by Gasteiger charge is -2.11. The summed E-state index contributed by atoms with van der Waals surface area (Å²) in [5.74, 6) is 0.636. The first-order valence-electron chi connectivity index (χ1n) is 6.06. The molecule has 0 fully saturated rings. The minimum atomic E-state index is -0.207. The van der Waals surface area contributed by atoms with E-state index in [9.17, 15) is 4.39 Å². The molecule has 0 aliphatic carbocycles. The topological polar surface area (TPSA) is 38.9 Å². The molecule has 4 heteroatoms. The maximum atomic E-state index is 13.6. The fourth-order valence-corrected chi connectivity index (χ4v) is 2.86. The predicted molar refractivity (Wildman–Crippen MR) is 76.1 cm³/mol. The van der Waals surface area contributed by atoms with E-state index < -0.39 is 0 Å². The number of pyridine rings is 1. The molecule has 2 rings (SSSR count). The van der Waals surface area contributed by atoms with Crippen LogP contribution in [-0.2, 0) is 5.75 Å². The minimum absolute atomic E-state index is 0.207. The van der Waals surface area contributed by atoms with Crippen molar-refractivity contribution in [3.05, 3.63) is 41.8 Å². The summed E-state index contributed by atoms with van der Waals surface area (Å²) in [7, 11) is 0. The number of halogens is 1. The molecule has 0 aliphatic rings. The van der Waals surface area contributed by atoms with Crippen molar-refractivity contribution in [1.29, 1.82) is 0 Å². The van der Waals surface area contributed by atoms with Crippen LogP contribution in [0.5, 0.6) is 0 Å². The first-order valence-corrected chi connectivity index (χ1v) is 7.11. The second-order valence-electron chi connectivity index (χ2n) is 4.31. The standard InChI is InChI=1S/C14H17FN2S/c1-10(6-7-16)18-9-11-4-5-13(15)12-3-2-8-17-14(11)12/h2-5,8,10H,6-7,9,16H2,1H3. The van der Waals surface area contributed by atoms with E-state index in [-0.39, 0.29) is 5.82 Å². The van der Waals surface area contributed by atoms with Gasteiger partial charge in [-0.25, -0.2) is 4.39 Å². The highest BCUT2D eigenvalue weighted by Crippen LogP contribution is 2.25. The third-order valence-electron chi connectivity index (χ3n) is 2.90. The molecule has 1 aromatic heterocycles. The van der Waals surface area contributed by atoms with Crippen molar-refractivity contribution in [2.75, 3.05) is 6.54 Å². The van der Waals surface area contributed by atoms with Gasteiger partial charge in [0.15, 0.2) is 0 Å². The van der Waals surface area contributed by atoms with Gasteiger partial charge in [-0.3, -0.25) is 4.98 Å². The van der Waals surface area contributed by atoms with Crippen LogP contribution in [0.15, 0.2) is 30.5 Å². The van der Waals surface area contributed by atoms with Gasteiger partial charge in [0.25, 0.3) is 0 Å². The lowest BCUT2D eigenvalue weighted by molar-refractivity contribution is 0.639. The molecule has 0 amide bonds. The van der Waals surface area contributed by atoms with Gasteiger partial charge < -0.3 is 5.73 Å². The van der Waals surface area contributed by atoms with Crippen molar-refractivity contribution in [3.8, 4) is 0 Å². The average molecular weight is 264 g/mol. The third-order valence-corrected chi connectivity index (χ3v) is 4.18. The maximum absolute atomic E-state index is 13.6. The van der Waals surface area contributed by atoms with Crippen LogP contribution in [0.3, 0.4) is 0 Å². The average Bonchev–Trinajstić information content (AvgIpc) is 2.39. The van der Waals surface area contributed by atoms with Crippen LogP contribution in [0.25, 0.3) is 10.9 Å². The second kappa shape index (κ2) is 6.16. The third kappa shape index (κ3) is 3.00. The molecule has 0 aliphatic heterocycles. The summed E-state index contributed by atoms with van der Waals surface area (Å²) in [5, 5.41) is 1.11. The number of hydrogen-bond donors (Lipinski definition) is 1. The van der Waals surface area contributed by atoms with Gasteiger partial charge in [0, 0.05) is 22.6 Å². The predicted octanol–water partition coefficient (Wildman–Crippen LogP) is 3.34. The van der Waals surface area contributed by atoms with Crippen LogP contribution >= 0.6 is 11.8 Å². The Bertz CT molecular complexity index is 530. The normalized spacial score (nSPS) is 12.8. The maximum Gasteiger partial charge on any atom is 0.132 e. The summed E-state index contributed by atoms with van der Waals surface area (Å²) in [5.41, 5.74) is 7.39. The number of rotatable bonds is 5. The number of benzene rings is 1. The molecule has 1 unspecified atom stereocenters. The molecule has 0 spiro atoms. The van der Waals surface area contributed by atoms with Gasteiger partial charge in [-0.05, 0) is 36.7 Å². The molecule has 0 radical (unpaired) electrons. The highest BCUT2D eigenvalue weighted by atomic mass is 32.2. The van der Waals surface area contributed by atoms with Crippen molar-refractivity contribution in [1.82, 2.24) is 4.98 Å². The van der Waals surface area contributed by atoms with Crippen molar-refractivity contribution in [3.63, 3.8) is 0 Å². The summed E-state index contributed by atoms with van der Waals surface area (Å²) >= 11 is 1.83. The van der Waals surface area contributed by atoms with E-state index in [4.69, 9.17) is 5.73 Å². The lowest BCUT2D eigenvalue weighted by atomic mass is 10.1. The lowest BCUT2D eigenvalue weighted by Crippen LogP contribution is -2.07. The molecule has 0 saturated heterocycles. The van der Waals surface area contributed by atoms with Gasteiger partial charge >= 0.3 is 0 Å². The quantitative estimate of drug-likeness (QED) is 0.900. The summed E-state index contributed by atoms with van der Waals surface area (Å²) < 4.78 is 13.6. The number of thioether (sulfide) groups is 1. The van der Waals surface area contributed by atoms with Crippen molar-refractivity contribution in [2.24, 2.45) is 5.73 Å². The molecule has 18 heavy (non-hydrogen) atoms. The zero-order chi connectivity index (χ0) is 13.0. The van der Waals surface area contributed by atoms with Gasteiger partial charge in [-0.1, -0.05) is 13.0 Å². The van der Waals surface area contributed by atoms with E-state index in [1.165, 1.54) is 6.07 Å². The Morgan fingerprint density at radius 1 is 1.39 bits per heavy atom. The summed E-state index contributed by atoms with van der Waals surface area (Å²) in [6.07, 6.45) is 2.70. The fourth-order valence-electron chi connectivity index (χ4n) is 1.86. The Kier molecular flexibility index (Phi) is 4.55. The molecule has 96 valence electrons. The summed E-state index contributed by atoms with van der Waals surface area (Å²) in [6.45, 7) is 2.87. The van der Waals surface area contributed by atoms with E-state index in [1.807, 2.05) is 17.8 Å². The first kappa shape index (κ1) is 13.3. The summed E-state index contributed by atoms with van der Waals surface area (Å²) in [6, 6.07) is 6.88. The number of nitrogens with two attached hydrogens (primary N) is 1. The zero-order valence-corrected chi connectivity index (χ0v) is 11.2. The highest BCUT2D eigenvalue weighted by molar-refractivity contribution is 7.99. The van der Waals surface area contributed by atoms with Crippen molar-refractivity contribution < 1.29 is 4.39 Å². The van der Waals surface area contributed by atoms with Gasteiger partial charge in [0.05, 0.1) is 5.52 Å².